The third kappa shape index (κ3) is 12.9. The number of quaternary nitrogens is 1. The second-order valence-electron chi connectivity index (χ2n) is 5.50. The second kappa shape index (κ2) is 12.6. The van der Waals surface area contributed by atoms with E-state index in [4.69, 9.17) is 0 Å². The molecule has 5 heteroatoms. The number of hydrogen-bond acceptors (Lipinski definition) is 3. The van der Waals surface area contributed by atoms with Crippen LogP contribution in [0.25, 0.3) is 0 Å². The van der Waals surface area contributed by atoms with E-state index in [2.05, 4.69) is 27.7 Å². The van der Waals surface area contributed by atoms with E-state index in [1.54, 1.807) is 6.92 Å². The summed E-state index contributed by atoms with van der Waals surface area (Å²) in [5.41, 5.74) is 0. The first-order valence-electron chi connectivity index (χ1n) is 8.09. The van der Waals surface area contributed by atoms with Crippen LogP contribution in [0.3, 0.4) is 0 Å². The summed E-state index contributed by atoms with van der Waals surface area (Å²) in [6.07, 6.45) is 5.74. The molecule has 0 aliphatic carbocycles. The summed E-state index contributed by atoms with van der Waals surface area (Å²) in [7, 11) is -3.92. The number of rotatable bonds is 10. The Morgan fingerprint density at radius 2 is 1.00 bits per heavy atom. The van der Waals surface area contributed by atoms with Gasteiger partial charge in [0.25, 0.3) is 0 Å². The highest BCUT2D eigenvalue weighted by Crippen LogP contribution is 2.12. The van der Waals surface area contributed by atoms with Crippen molar-refractivity contribution < 1.29 is 17.5 Å². The molecule has 0 bridgehead atoms. The minimum Gasteiger partial charge on any atom is -0.748 e. The minimum absolute atomic E-state index is 0.243. The molecule has 4 nitrogen and oxygen atoms in total. The smallest absolute Gasteiger partial charge is 0.0945 e. The van der Waals surface area contributed by atoms with Gasteiger partial charge in [0, 0.05) is 5.75 Å². The predicted octanol–water partition coefficient (Wildman–Crippen LogP) is 3.38. The van der Waals surface area contributed by atoms with E-state index in [0.29, 0.717) is 6.42 Å². The van der Waals surface area contributed by atoms with Gasteiger partial charge in [-0.05, 0) is 32.1 Å². The summed E-state index contributed by atoms with van der Waals surface area (Å²) in [6.45, 7) is 16.4. The maximum absolute atomic E-state index is 9.68. The van der Waals surface area contributed by atoms with Crippen LogP contribution in [0, 0.1) is 0 Å². The van der Waals surface area contributed by atoms with Gasteiger partial charge in [-0.3, -0.25) is 0 Å². The highest BCUT2D eigenvalue weighted by Gasteiger charge is 2.22. The first-order valence-corrected chi connectivity index (χ1v) is 9.67. The number of hydrogen-bond donors (Lipinski definition) is 0. The van der Waals surface area contributed by atoms with Crippen molar-refractivity contribution >= 4 is 10.1 Å². The van der Waals surface area contributed by atoms with Crippen LogP contribution in [0.1, 0.15) is 66.7 Å². The molecule has 0 aliphatic heterocycles. The Hall–Kier alpha value is -0.130. The molecule has 0 heterocycles. The van der Waals surface area contributed by atoms with Gasteiger partial charge in [0.2, 0.25) is 0 Å². The standard InChI is InChI=1S/C12H28N.C3H8O3S/c1-5-9-13(10-6-2,11-7-3)12-8-4;1-2-3-7(4,5)6/h5-12H2,1-4H3;2-3H2,1H3,(H,4,5,6)/q+1;/p-1. The lowest BCUT2D eigenvalue weighted by Gasteiger charge is -2.38. The Morgan fingerprint density at radius 1 is 0.700 bits per heavy atom. The van der Waals surface area contributed by atoms with E-state index in [1.165, 1.54) is 56.3 Å². The fraction of sp³-hybridized carbons (Fsp3) is 1.00. The first-order chi connectivity index (χ1) is 9.30. The molecule has 0 fully saturated rings. The minimum atomic E-state index is -3.92. The molecule has 20 heavy (non-hydrogen) atoms. The summed E-state index contributed by atoms with van der Waals surface area (Å²) in [4.78, 5) is 0. The first kappa shape index (κ1) is 22.2. The molecule has 0 unspecified atom stereocenters. The summed E-state index contributed by atoms with van der Waals surface area (Å²) in [5, 5.41) is 0. The SMILES string of the molecule is CCCS(=O)(=O)[O-].CCC[N+](CCC)(CCC)CCC. The van der Waals surface area contributed by atoms with Gasteiger partial charge >= 0.3 is 0 Å². The highest BCUT2D eigenvalue weighted by molar-refractivity contribution is 7.85. The third-order valence-corrected chi connectivity index (χ3v) is 4.15. The van der Waals surface area contributed by atoms with E-state index < -0.39 is 10.1 Å². The van der Waals surface area contributed by atoms with Crippen molar-refractivity contribution in [1.82, 2.24) is 0 Å². The van der Waals surface area contributed by atoms with Crippen LogP contribution < -0.4 is 0 Å². The van der Waals surface area contributed by atoms with E-state index in [0.717, 1.165) is 0 Å². The summed E-state index contributed by atoms with van der Waals surface area (Å²) < 4.78 is 30.4. The lowest BCUT2D eigenvalue weighted by molar-refractivity contribution is -0.928. The van der Waals surface area contributed by atoms with Crippen LogP contribution in [0.5, 0.6) is 0 Å². The van der Waals surface area contributed by atoms with Gasteiger partial charge in [0.05, 0.1) is 36.3 Å². The molecule has 124 valence electrons. The van der Waals surface area contributed by atoms with Crippen molar-refractivity contribution in [1.29, 1.82) is 0 Å². The zero-order valence-corrected chi connectivity index (χ0v) is 15.0. The van der Waals surface area contributed by atoms with Crippen molar-refractivity contribution in [3.05, 3.63) is 0 Å². The van der Waals surface area contributed by atoms with Crippen LogP contribution in [0.15, 0.2) is 0 Å². The topological polar surface area (TPSA) is 57.2 Å². The van der Waals surface area contributed by atoms with Gasteiger partial charge < -0.3 is 9.04 Å². The Labute approximate surface area is 126 Å². The second-order valence-corrected chi connectivity index (χ2v) is 7.02. The van der Waals surface area contributed by atoms with Crippen molar-refractivity contribution in [3.63, 3.8) is 0 Å². The van der Waals surface area contributed by atoms with E-state index >= 15 is 0 Å². The molecule has 0 aliphatic rings. The van der Waals surface area contributed by atoms with E-state index in [1.807, 2.05) is 0 Å². The van der Waals surface area contributed by atoms with E-state index in [9.17, 15) is 13.0 Å². The molecule has 0 spiro atoms. The molecule has 0 radical (unpaired) electrons. The normalized spacial score (nSPS) is 11.9. The Kier molecular flexibility index (Phi) is 14.0. The zero-order chi connectivity index (χ0) is 16.1. The molecule has 0 N–H and O–H groups in total. The molecular formula is C15H35NO3S. The van der Waals surface area contributed by atoms with Gasteiger partial charge in [-0.1, -0.05) is 34.6 Å². The molecule has 0 aromatic carbocycles. The van der Waals surface area contributed by atoms with Gasteiger partial charge in [-0.25, -0.2) is 8.42 Å². The Balaban J connectivity index is 0. The quantitative estimate of drug-likeness (QED) is 0.459. The van der Waals surface area contributed by atoms with Crippen LogP contribution in [0.2, 0.25) is 0 Å². The molecule has 0 atom stereocenters. The average molecular weight is 310 g/mol. The maximum atomic E-state index is 9.68. The molecule has 0 rings (SSSR count). The summed E-state index contributed by atoms with van der Waals surface area (Å²) in [6, 6.07) is 0. The van der Waals surface area contributed by atoms with Crippen molar-refractivity contribution in [3.8, 4) is 0 Å². The number of nitrogens with zero attached hydrogens (tertiary/aromatic N) is 1. The van der Waals surface area contributed by atoms with Gasteiger partial charge in [-0.15, -0.1) is 0 Å². The predicted molar refractivity (Wildman–Crippen MR) is 85.7 cm³/mol. The van der Waals surface area contributed by atoms with Crippen molar-refractivity contribution in [2.75, 3.05) is 31.9 Å². The maximum Gasteiger partial charge on any atom is 0.0945 e. The van der Waals surface area contributed by atoms with Crippen molar-refractivity contribution in [2.45, 2.75) is 66.7 Å². The fourth-order valence-electron chi connectivity index (χ4n) is 2.82. The summed E-state index contributed by atoms with van der Waals surface area (Å²) >= 11 is 0. The average Bonchev–Trinajstić information content (AvgIpc) is 2.29. The fourth-order valence-corrected chi connectivity index (χ4v) is 3.32. The Morgan fingerprint density at radius 3 is 1.10 bits per heavy atom. The molecule has 0 aromatic heterocycles. The third-order valence-electron chi connectivity index (χ3n) is 3.25. The van der Waals surface area contributed by atoms with E-state index in [-0.39, 0.29) is 5.75 Å². The van der Waals surface area contributed by atoms with Gasteiger partial charge in [0.15, 0.2) is 0 Å². The lowest BCUT2D eigenvalue weighted by atomic mass is 10.2. The molecule has 0 saturated heterocycles. The van der Waals surface area contributed by atoms with Crippen LogP contribution >= 0.6 is 0 Å². The molecule has 0 aromatic rings. The van der Waals surface area contributed by atoms with Crippen LogP contribution in [0.4, 0.5) is 0 Å². The zero-order valence-electron chi connectivity index (χ0n) is 14.2. The highest BCUT2D eigenvalue weighted by atomic mass is 32.2. The molecular weight excluding hydrogens is 274 g/mol. The van der Waals surface area contributed by atoms with Crippen LogP contribution in [-0.4, -0.2) is 49.4 Å². The van der Waals surface area contributed by atoms with Gasteiger partial charge in [0.1, 0.15) is 0 Å². The summed E-state index contributed by atoms with van der Waals surface area (Å²) in [5.74, 6) is -0.243. The monoisotopic (exact) mass is 309 g/mol. The molecule has 0 saturated carbocycles. The Bertz CT molecular complexity index is 273. The van der Waals surface area contributed by atoms with Crippen molar-refractivity contribution in [2.24, 2.45) is 0 Å². The van der Waals surface area contributed by atoms with Gasteiger partial charge in [-0.2, -0.15) is 0 Å². The molecule has 0 amide bonds. The largest absolute Gasteiger partial charge is 0.748 e. The lowest BCUT2D eigenvalue weighted by Crippen LogP contribution is -2.50. The van der Waals surface area contributed by atoms with Crippen LogP contribution in [-0.2, 0) is 10.1 Å².